The van der Waals surface area contributed by atoms with Crippen molar-refractivity contribution in [2.75, 3.05) is 17.2 Å². The summed E-state index contributed by atoms with van der Waals surface area (Å²) in [7, 11) is 0. The molecule has 1 amide bonds. The fourth-order valence-corrected chi connectivity index (χ4v) is 3.24. The standard InChI is InChI=1S/C15H20N2O/c16-13-7-8-14-12(10-13)6-3-9-17(14)15(18)11-4-1-2-5-11/h7-8,10-11H,1-6,9,16H2. The predicted molar refractivity (Wildman–Crippen MR) is 73.5 cm³/mol. The molecule has 1 aromatic carbocycles. The average Bonchev–Trinajstić information content (AvgIpc) is 2.90. The summed E-state index contributed by atoms with van der Waals surface area (Å²) in [6, 6.07) is 5.93. The molecule has 0 saturated heterocycles. The van der Waals surface area contributed by atoms with Gasteiger partial charge in [-0.3, -0.25) is 4.79 Å². The van der Waals surface area contributed by atoms with Crippen molar-refractivity contribution in [1.82, 2.24) is 0 Å². The Morgan fingerprint density at radius 3 is 2.78 bits per heavy atom. The van der Waals surface area contributed by atoms with Crippen molar-refractivity contribution in [2.45, 2.75) is 38.5 Å². The lowest BCUT2D eigenvalue weighted by Crippen LogP contribution is -2.39. The molecule has 3 rings (SSSR count). The third-order valence-corrected chi connectivity index (χ3v) is 4.19. The molecular weight excluding hydrogens is 224 g/mol. The monoisotopic (exact) mass is 244 g/mol. The van der Waals surface area contributed by atoms with Gasteiger partial charge < -0.3 is 10.6 Å². The number of anilines is 2. The lowest BCUT2D eigenvalue weighted by Gasteiger charge is -2.31. The SMILES string of the molecule is Nc1ccc2c(c1)CCCN2C(=O)C1CCCC1. The molecule has 1 aliphatic carbocycles. The molecule has 18 heavy (non-hydrogen) atoms. The number of fused-ring (bicyclic) bond motifs is 1. The van der Waals surface area contributed by atoms with E-state index in [1.807, 2.05) is 23.1 Å². The molecule has 0 unspecified atom stereocenters. The van der Waals surface area contributed by atoms with E-state index in [0.717, 1.165) is 43.6 Å². The van der Waals surface area contributed by atoms with Gasteiger partial charge in [-0.25, -0.2) is 0 Å². The number of aryl methyl sites for hydroxylation is 1. The van der Waals surface area contributed by atoms with E-state index in [4.69, 9.17) is 5.73 Å². The highest BCUT2D eigenvalue weighted by Gasteiger charge is 2.30. The fraction of sp³-hybridized carbons (Fsp3) is 0.533. The van der Waals surface area contributed by atoms with Gasteiger partial charge in [0.05, 0.1) is 0 Å². The second-order valence-electron chi connectivity index (χ2n) is 5.46. The van der Waals surface area contributed by atoms with Gasteiger partial charge in [-0.2, -0.15) is 0 Å². The summed E-state index contributed by atoms with van der Waals surface area (Å²) in [4.78, 5) is 14.5. The summed E-state index contributed by atoms with van der Waals surface area (Å²) in [5, 5.41) is 0. The maximum absolute atomic E-state index is 12.5. The minimum atomic E-state index is 0.258. The summed E-state index contributed by atoms with van der Waals surface area (Å²) < 4.78 is 0. The van der Waals surface area contributed by atoms with Gasteiger partial charge in [0.15, 0.2) is 0 Å². The third kappa shape index (κ3) is 1.98. The zero-order chi connectivity index (χ0) is 12.5. The van der Waals surface area contributed by atoms with Gasteiger partial charge in [-0.05, 0) is 49.4 Å². The Kier molecular flexibility index (Phi) is 2.98. The summed E-state index contributed by atoms with van der Waals surface area (Å²) in [6.07, 6.45) is 6.64. The van der Waals surface area contributed by atoms with Crippen LogP contribution in [0.15, 0.2) is 18.2 Å². The Bertz CT molecular complexity index is 464. The number of nitrogens with zero attached hydrogens (tertiary/aromatic N) is 1. The van der Waals surface area contributed by atoms with Crippen LogP contribution in [0.25, 0.3) is 0 Å². The Hall–Kier alpha value is -1.51. The number of benzene rings is 1. The number of hydrogen-bond acceptors (Lipinski definition) is 2. The van der Waals surface area contributed by atoms with Crippen LogP contribution < -0.4 is 10.6 Å². The van der Waals surface area contributed by atoms with E-state index >= 15 is 0 Å². The molecule has 0 atom stereocenters. The largest absolute Gasteiger partial charge is 0.399 e. The molecule has 3 nitrogen and oxygen atoms in total. The number of nitrogen functional groups attached to an aromatic ring is 1. The van der Waals surface area contributed by atoms with E-state index in [1.165, 1.54) is 18.4 Å². The van der Waals surface area contributed by atoms with E-state index in [0.29, 0.717) is 5.91 Å². The van der Waals surface area contributed by atoms with Gasteiger partial charge in [0, 0.05) is 23.8 Å². The van der Waals surface area contributed by atoms with Crippen LogP contribution in [0.3, 0.4) is 0 Å². The third-order valence-electron chi connectivity index (χ3n) is 4.19. The maximum Gasteiger partial charge on any atom is 0.230 e. The molecule has 96 valence electrons. The van der Waals surface area contributed by atoms with Crippen molar-refractivity contribution >= 4 is 17.3 Å². The van der Waals surface area contributed by atoms with Gasteiger partial charge in [-0.15, -0.1) is 0 Å². The number of hydrogen-bond donors (Lipinski definition) is 1. The predicted octanol–water partition coefficient (Wildman–Crippen LogP) is 2.74. The number of nitrogens with two attached hydrogens (primary N) is 1. The molecule has 1 aliphatic heterocycles. The van der Waals surface area contributed by atoms with Crippen LogP contribution in [0, 0.1) is 5.92 Å². The molecule has 1 aromatic rings. The first-order chi connectivity index (χ1) is 8.75. The quantitative estimate of drug-likeness (QED) is 0.772. The topological polar surface area (TPSA) is 46.3 Å². The molecule has 0 bridgehead atoms. The number of carbonyl (C=O) groups excluding carboxylic acids is 1. The van der Waals surface area contributed by atoms with E-state index in [9.17, 15) is 4.79 Å². The summed E-state index contributed by atoms with van der Waals surface area (Å²) in [5.41, 5.74) is 8.94. The molecule has 0 radical (unpaired) electrons. The highest BCUT2D eigenvalue weighted by Crippen LogP contribution is 2.33. The lowest BCUT2D eigenvalue weighted by atomic mass is 9.98. The second-order valence-corrected chi connectivity index (χ2v) is 5.46. The van der Waals surface area contributed by atoms with Crippen LogP contribution in [0.1, 0.15) is 37.7 Å². The summed E-state index contributed by atoms with van der Waals surface area (Å²) in [6.45, 7) is 0.867. The Morgan fingerprint density at radius 2 is 2.00 bits per heavy atom. The van der Waals surface area contributed by atoms with E-state index < -0.39 is 0 Å². The zero-order valence-corrected chi connectivity index (χ0v) is 10.7. The van der Waals surface area contributed by atoms with Crippen molar-refractivity contribution in [3.8, 4) is 0 Å². The zero-order valence-electron chi connectivity index (χ0n) is 10.7. The van der Waals surface area contributed by atoms with Crippen molar-refractivity contribution < 1.29 is 4.79 Å². The second kappa shape index (κ2) is 4.63. The Labute approximate surface area is 108 Å². The van der Waals surface area contributed by atoms with Gasteiger partial charge in [-0.1, -0.05) is 12.8 Å². The van der Waals surface area contributed by atoms with Crippen molar-refractivity contribution in [1.29, 1.82) is 0 Å². The first-order valence-electron chi connectivity index (χ1n) is 6.95. The van der Waals surface area contributed by atoms with Crippen LogP contribution in [0.4, 0.5) is 11.4 Å². The molecule has 2 N–H and O–H groups in total. The van der Waals surface area contributed by atoms with Crippen LogP contribution in [-0.4, -0.2) is 12.5 Å². The Morgan fingerprint density at radius 1 is 1.22 bits per heavy atom. The van der Waals surface area contributed by atoms with Crippen LogP contribution >= 0.6 is 0 Å². The molecule has 3 heteroatoms. The van der Waals surface area contributed by atoms with Gasteiger partial charge in [0.25, 0.3) is 0 Å². The molecule has 2 aliphatic rings. The highest BCUT2D eigenvalue weighted by atomic mass is 16.2. The van der Waals surface area contributed by atoms with Crippen LogP contribution in [0.5, 0.6) is 0 Å². The van der Waals surface area contributed by atoms with Gasteiger partial charge >= 0.3 is 0 Å². The highest BCUT2D eigenvalue weighted by molar-refractivity contribution is 5.96. The summed E-state index contributed by atoms with van der Waals surface area (Å²) >= 11 is 0. The fourth-order valence-electron chi connectivity index (χ4n) is 3.24. The summed E-state index contributed by atoms with van der Waals surface area (Å²) in [5.74, 6) is 0.590. The number of carbonyl (C=O) groups is 1. The van der Waals surface area contributed by atoms with Crippen molar-refractivity contribution in [2.24, 2.45) is 5.92 Å². The minimum Gasteiger partial charge on any atom is -0.399 e. The molecule has 1 fully saturated rings. The molecular formula is C15H20N2O. The number of amides is 1. The van der Waals surface area contributed by atoms with Crippen LogP contribution in [0.2, 0.25) is 0 Å². The van der Waals surface area contributed by atoms with Crippen molar-refractivity contribution in [3.63, 3.8) is 0 Å². The van der Waals surface area contributed by atoms with Crippen molar-refractivity contribution in [3.05, 3.63) is 23.8 Å². The molecule has 1 saturated carbocycles. The van der Waals surface area contributed by atoms with E-state index in [-0.39, 0.29) is 5.92 Å². The lowest BCUT2D eigenvalue weighted by molar-refractivity contribution is -0.122. The number of rotatable bonds is 1. The van der Waals surface area contributed by atoms with Gasteiger partial charge in [0.1, 0.15) is 0 Å². The Balaban J connectivity index is 1.88. The smallest absolute Gasteiger partial charge is 0.230 e. The molecule has 1 heterocycles. The van der Waals surface area contributed by atoms with Crippen LogP contribution in [-0.2, 0) is 11.2 Å². The normalized spacial score (nSPS) is 19.9. The first-order valence-corrected chi connectivity index (χ1v) is 6.95. The molecule has 0 aromatic heterocycles. The molecule has 0 spiro atoms. The van der Waals surface area contributed by atoms with E-state index in [2.05, 4.69) is 0 Å². The van der Waals surface area contributed by atoms with Gasteiger partial charge in [0.2, 0.25) is 5.91 Å². The minimum absolute atomic E-state index is 0.258. The average molecular weight is 244 g/mol. The first kappa shape index (κ1) is 11.6. The van der Waals surface area contributed by atoms with E-state index in [1.54, 1.807) is 0 Å². The maximum atomic E-state index is 12.5.